The molecule has 2 heterocycles. The van der Waals surface area contributed by atoms with Crippen LogP contribution in [0, 0.1) is 18.8 Å². The van der Waals surface area contributed by atoms with Crippen LogP contribution in [0.2, 0.25) is 0 Å². The first-order valence-electron chi connectivity index (χ1n) is 11.3. The minimum absolute atomic E-state index is 0.205. The van der Waals surface area contributed by atoms with Gasteiger partial charge in [0.1, 0.15) is 5.75 Å². The van der Waals surface area contributed by atoms with E-state index < -0.39 is 46.9 Å². The number of hydrogen-bond donors (Lipinski definition) is 0. The molecular weight excluding hydrogens is 446 g/mol. The minimum atomic E-state index is -2.09. The van der Waals surface area contributed by atoms with Gasteiger partial charge in [-0.3, -0.25) is 19.2 Å². The minimum Gasteiger partial charge on any atom is -0.497 e. The number of ether oxygens (including phenoxy) is 2. The van der Waals surface area contributed by atoms with Gasteiger partial charge in [-0.1, -0.05) is 54.1 Å². The maximum atomic E-state index is 13.9. The summed E-state index contributed by atoms with van der Waals surface area (Å²) < 4.78 is 11.6. The third kappa shape index (κ3) is 2.76. The second-order valence-corrected chi connectivity index (χ2v) is 9.11. The van der Waals surface area contributed by atoms with E-state index >= 15 is 0 Å². The average molecular weight is 467 g/mol. The fraction of sp³-hybridized carbons (Fsp3) is 0.214. The molecule has 3 aromatic carbocycles. The number of imide groups is 1. The molecule has 6 rings (SSSR count). The molecular formula is C28H21NO6. The Balaban J connectivity index is 1.54. The highest BCUT2D eigenvalue weighted by atomic mass is 16.5. The molecule has 3 aromatic rings. The van der Waals surface area contributed by atoms with Gasteiger partial charge >= 0.3 is 0 Å². The standard InChI is InChI=1S/C28H21NO6/c1-15-10-12-17(13-11-15)29-26(32)21-22(27(29)33)28(24(30)19-8-3-4-9-20(19)25(28)31)35-23(21)16-6-5-7-18(14-16)34-2/h3-14,21-23H,1-2H3/t21-,22+,23+/m1/s1. The molecule has 0 saturated carbocycles. The third-order valence-electron chi connectivity index (χ3n) is 7.23. The summed E-state index contributed by atoms with van der Waals surface area (Å²) >= 11 is 0. The number of anilines is 1. The van der Waals surface area contributed by atoms with Crippen LogP contribution in [0.15, 0.2) is 72.8 Å². The number of hydrogen-bond acceptors (Lipinski definition) is 6. The van der Waals surface area contributed by atoms with Gasteiger partial charge in [0.15, 0.2) is 0 Å². The van der Waals surface area contributed by atoms with Crippen LogP contribution >= 0.6 is 0 Å². The first kappa shape index (κ1) is 21.4. The van der Waals surface area contributed by atoms with Gasteiger partial charge in [0.25, 0.3) is 0 Å². The zero-order valence-electron chi connectivity index (χ0n) is 19.1. The molecule has 3 atom stereocenters. The van der Waals surface area contributed by atoms with Gasteiger partial charge in [0.05, 0.1) is 30.7 Å². The van der Waals surface area contributed by atoms with Crippen molar-refractivity contribution in [2.24, 2.45) is 11.8 Å². The van der Waals surface area contributed by atoms with Crippen LogP contribution in [0.25, 0.3) is 0 Å². The normalized spacial score (nSPS) is 24.3. The highest BCUT2D eigenvalue weighted by Gasteiger charge is 2.74. The zero-order chi connectivity index (χ0) is 24.5. The van der Waals surface area contributed by atoms with E-state index in [1.165, 1.54) is 7.11 Å². The molecule has 0 aromatic heterocycles. The summed E-state index contributed by atoms with van der Waals surface area (Å²) in [6.07, 6.45) is -0.982. The maximum Gasteiger partial charge on any atom is 0.241 e. The van der Waals surface area contributed by atoms with Crippen LogP contribution in [0.3, 0.4) is 0 Å². The van der Waals surface area contributed by atoms with Crippen molar-refractivity contribution in [1.82, 2.24) is 0 Å². The molecule has 0 unspecified atom stereocenters. The molecule has 2 saturated heterocycles. The first-order chi connectivity index (χ1) is 16.9. The lowest BCUT2D eigenvalue weighted by Gasteiger charge is -2.27. The van der Waals surface area contributed by atoms with Gasteiger partial charge in [-0.2, -0.15) is 0 Å². The predicted molar refractivity (Wildman–Crippen MR) is 125 cm³/mol. The van der Waals surface area contributed by atoms with Crippen LogP contribution < -0.4 is 9.64 Å². The molecule has 0 N–H and O–H groups in total. The number of rotatable bonds is 3. The quantitative estimate of drug-likeness (QED) is 0.431. The Hall–Kier alpha value is -4.10. The Morgan fingerprint density at radius 2 is 1.49 bits per heavy atom. The second kappa shape index (κ2) is 7.45. The molecule has 0 bridgehead atoms. The van der Waals surface area contributed by atoms with E-state index in [0.717, 1.165) is 10.5 Å². The van der Waals surface area contributed by atoms with Crippen molar-refractivity contribution in [3.63, 3.8) is 0 Å². The zero-order valence-corrected chi connectivity index (χ0v) is 19.1. The molecule has 2 aliphatic heterocycles. The summed E-state index contributed by atoms with van der Waals surface area (Å²) in [7, 11) is 1.52. The molecule has 1 spiro atoms. The second-order valence-electron chi connectivity index (χ2n) is 9.11. The molecule has 2 fully saturated rings. The number of benzene rings is 3. The van der Waals surface area contributed by atoms with Crippen molar-refractivity contribution < 1.29 is 28.7 Å². The van der Waals surface area contributed by atoms with Crippen molar-refractivity contribution in [2.75, 3.05) is 12.0 Å². The average Bonchev–Trinajstić information content (AvgIpc) is 3.45. The van der Waals surface area contributed by atoms with Gasteiger partial charge in [0.2, 0.25) is 29.0 Å². The number of fused-ring (bicyclic) bond motifs is 3. The summed E-state index contributed by atoms with van der Waals surface area (Å²) in [4.78, 5) is 56.3. The topological polar surface area (TPSA) is 90.0 Å². The Labute approximate surface area is 201 Å². The lowest BCUT2D eigenvalue weighted by atomic mass is 9.77. The summed E-state index contributed by atoms with van der Waals surface area (Å²) in [6.45, 7) is 1.90. The summed E-state index contributed by atoms with van der Waals surface area (Å²) in [6, 6.07) is 20.3. The Bertz CT molecular complexity index is 1390. The summed E-state index contributed by atoms with van der Waals surface area (Å²) in [5, 5.41) is 0. The van der Waals surface area contributed by atoms with Gasteiger partial charge in [-0.05, 0) is 36.8 Å². The van der Waals surface area contributed by atoms with Crippen molar-refractivity contribution in [2.45, 2.75) is 18.6 Å². The van der Waals surface area contributed by atoms with Crippen LogP contribution in [0.1, 0.15) is 37.9 Å². The molecule has 35 heavy (non-hydrogen) atoms. The lowest BCUT2D eigenvalue weighted by Crippen LogP contribution is -2.51. The van der Waals surface area contributed by atoms with E-state index in [0.29, 0.717) is 17.0 Å². The number of amides is 2. The number of nitrogens with zero attached hydrogens (tertiary/aromatic N) is 1. The van der Waals surface area contributed by atoms with E-state index in [1.807, 2.05) is 6.92 Å². The fourth-order valence-corrected chi connectivity index (χ4v) is 5.58. The largest absolute Gasteiger partial charge is 0.497 e. The number of Topliss-reactive ketones (excluding diaryl/α,β-unsaturated/α-hetero) is 2. The van der Waals surface area contributed by atoms with Gasteiger partial charge in [0, 0.05) is 11.1 Å². The van der Waals surface area contributed by atoms with Gasteiger partial charge in [-0.15, -0.1) is 0 Å². The molecule has 3 aliphatic rings. The third-order valence-corrected chi connectivity index (χ3v) is 7.23. The smallest absolute Gasteiger partial charge is 0.241 e. The Morgan fingerprint density at radius 1 is 0.829 bits per heavy atom. The molecule has 0 radical (unpaired) electrons. The fourth-order valence-electron chi connectivity index (χ4n) is 5.58. The monoisotopic (exact) mass is 467 g/mol. The summed E-state index contributed by atoms with van der Waals surface area (Å²) in [5.74, 6) is -4.05. The Kier molecular flexibility index (Phi) is 4.56. The SMILES string of the molecule is COc1cccc([C@@H]2OC3(C(=O)c4ccccc4C3=O)[C@@H]3C(=O)N(c4ccc(C)cc4)C(=O)[C@H]32)c1. The highest BCUT2D eigenvalue weighted by Crippen LogP contribution is 2.57. The van der Waals surface area contributed by atoms with E-state index in [-0.39, 0.29) is 11.1 Å². The van der Waals surface area contributed by atoms with E-state index in [4.69, 9.17) is 9.47 Å². The molecule has 2 amide bonds. The Morgan fingerprint density at radius 3 is 2.11 bits per heavy atom. The van der Waals surface area contributed by atoms with Crippen LogP contribution in [0.5, 0.6) is 5.75 Å². The highest BCUT2D eigenvalue weighted by molar-refractivity contribution is 6.37. The molecule has 1 aliphatic carbocycles. The lowest BCUT2D eigenvalue weighted by molar-refractivity contribution is -0.127. The predicted octanol–water partition coefficient (Wildman–Crippen LogP) is 3.70. The van der Waals surface area contributed by atoms with Crippen molar-refractivity contribution in [3.8, 4) is 5.75 Å². The number of carbonyl (C=O) groups excluding carboxylic acids is 4. The van der Waals surface area contributed by atoms with E-state index in [1.54, 1.807) is 72.8 Å². The van der Waals surface area contributed by atoms with E-state index in [2.05, 4.69) is 0 Å². The number of methoxy groups -OCH3 is 1. The molecule has 7 heteroatoms. The molecule has 7 nitrogen and oxygen atoms in total. The van der Waals surface area contributed by atoms with Crippen molar-refractivity contribution in [1.29, 1.82) is 0 Å². The number of ketones is 2. The van der Waals surface area contributed by atoms with Gasteiger partial charge < -0.3 is 9.47 Å². The maximum absolute atomic E-state index is 13.9. The van der Waals surface area contributed by atoms with E-state index in [9.17, 15) is 19.2 Å². The first-order valence-corrected chi connectivity index (χ1v) is 11.3. The van der Waals surface area contributed by atoms with Crippen molar-refractivity contribution in [3.05, 3.63) is 95.1 Å². The van der Waals surface area contributed by atoms with Crippen LogP contribution in [-0.2, 0) is 14.3 Å². The summed E-state index contributed by atoms with van der Waals surface area (Å²) in [5.41, 5.74) is 0.246. The number of carbonyl (C=O) groups is 4. The van der Waals surface area contributed by atoms with Crippen molar-refractivity contribution >= 4 is 29.1 Å². The van der Waals surface area contributed by atoms with Gasteiger partial charge in [-0.25, -0.2) is 4.90 Å². The van der Waals surface area contributed by atoms with Crippen LogP contribution in [-0.4, -0.2) is 36.1 Å². The van der Waals surface area contributed by atoms with Crippen LogP contribution in [0.4, 0.5) is 5.69 Å². The number of aryl methyl sites for hydroxylation is 1. The molecule has 174 valence electrons.